The molecule has 2 heterocycles. The average Bonchev–Trinajstić information content (AvgIpc) is 3.02. The monoisotopic (exact) mass is 405 g/mol. The summed E-state index contributed by atoms with van der Waals surface area (Å²) in [5.74, 6) is -0.0344. The first-order valence-electron chi connectivity index (χ1n) is 7.64. The molecule has 0 radical (unpaired) electrons. The zero-order valence-corrected chi connectivity index (χ0v) is 16.1. The van der Waals surface area contributed by atoms with Crippen LogP contribution in [0.15, 0.2) is 31.8 Å². The molecule has 0 aromatic heterocycles. The number of nitrogens with zero attached hydrogens (tertiary/aromatic N) is 4. The molecule has 0 spiro atoms. The van der Waals surface area contributed by atoms with Crippen LogP contribution in [0.4, 0.5) is 11.4 Å². The van der Waals surface area contributed by atoms with Gasteiger partial charge in [-0.15, -0.1) is 12.4 Å². The number of fused-ring (bicyclic) bond motifs is 1. The van der Waals surface area contributed by atoms with Crippen molar-refractivity contribution in [2.75, 3.05) is 26.2 Å². The molecule has 3 rings (SSSR count). The van der Waals surface area contributed by atoms with Crippen LogP contribution in [0.5, 0.6) is 0 Å². The lowest BCUT2D eigenvalue weighted by Gasteiger charge is -2.34. The highest BCUT2D eigenvalue weighted by Crippen LogP contribution is 2.38. The van der Waals surface area contributed by atoms with Gasteiger partial charge in [-0.2, -0.15) is 13.0 Å². The molecule has 1 amide bonds. The van der Waals surface area contributed by atoms with Crippen molar-refractivity contribution in [3.8, 4) is 0 Å². The largest absolute Gasteiger partial charge is 0.340 e. The van der Waals surface area contributed by atoms with Crippen LogP contribution < -0.4 is 5.73 Å². The Labute approximate surface area is 156 Å². The fourth-order valence-electron chi connectivity index (χ4n) is 2.71. The van der Waals surface area contributed by atoms with Crippen molar-refractivity contribution < 1.29 is 13.2 Å². The molecule has 11 heteroatoms. The molecule has 25 heavy (non-hydrogen) atoms. The van der Waals surface area contributed by atoms with Gasteiger partial charge in [0.05, 0.1) is 11.4 Å². The topological polar surface area (TPSA) is 108 Å². The normalized spacial score (nSPS) is 18.2. The maximum Gasteiger partial charge on any atom is 0.245 e. The Morgan fingerprint density at radius 3 is 2.60 bits per heavy atom. The molecule has 1 saturated heterocycles. The Balaban J connectivity index is 0.00000225. The van der Waals surface area contributed by atoms with E-state index in [9.17, 15) is 13.2 Å². The summed E-state index contributed by atoms with van der Waals surface area (Å²) in [6.07, 6.45) is 0.274. The quantitative estimate of drug-likeness (QED) is 0.829. The van der Waals surface area contributed by atoms with Crippen LogP contribution >= 0.6 is 12.4 Å². The SMILES string of the molecule is CC(N)CC(=O)N1CCN(S(=O)(=O)c2cccc3c2N=S=N3)CC1.Cl. The molecule has 2 N–H and O–H groups in total. The van der Waals surface area contributed by atoms with Crippen LogP contribution in [-0.2, 0) is 26.2 Å². The van der Waals surface area contributed by atoms with E-state index in [1.165, 1.54) is 4.31 Å². The summed E-state index contributed by atoms with van der Waals surface area (Å²) in [5, 5.41) is 0. The van der Waals surface area contributed by atoms with Gasteiger partial charge in [0.25, 0.3) is 0 Å². The van der Waals surface area contributed by atoms with Crippen LogP contribution in [0.1, 0.15) is 13.3 Å². The van der Waals surface area contributed by atoms with Crippen molar-refractivity contribution in [1.29, 1.82) is 0 Å². The summed E-state index contributed by atoms with van der Waals surface area (Å²) >= 11 is 0.992. The van der Waals surface area contributed by atoms with Crippen molar-refractivity contribution in [2.24, 2.45) is 14.5 Å². The van der Waals surface area contributed by atoms with Gasteiger partial charge < -0.3 is 10.6 Å². The van der Waals surface area contributed by atoms with Crippen molar-refractivity contribution >= 4 is 51.1 Å². The van der Waals surface area contributed by atoms with Gasteiger partial charge in [-0.1, -0.05) is 6.07 Å². The van der Waals surface area contributed by atoms with Crippen LogP contribution in [0.2, 0.25) is 0 Å². The zero-order valence-electron chi connectivity index (χ0n) is 13.7. The number of carbonyl (C=O) groups excluding carboxylic acids is 1. The molecule has 8 nitrogen and oxygen atoms in total. The third-order valence-corrected chi connectivity index (χ3v) is 6.43. The van der Waals surface area contributed by atoms with Crippen LogP contribution in [0.3, 0.4) is 0 Å². The number of amides is 1. The summed E-state index contributed by atoms with van der Waals surface area (Å²) < 4.78 is 35.4. The number of carbonyl (C=O) groups is 1. The Morgan fingerprint density at radius 2 is 1.96 bits per heavy atom. The van der Waals surface area contributed by atoms with Crippen LogP contribution in [-0.4, -0.2) is 55.8 Å². The molecule has 1 aromatic rings. The van der Waals surface area contributed by atoms with Crippen molar-refractivity contribution in [2.45, 2.75) is 24.3 Å². The summed E-state index contributed by atoms with van der Waals surface area (Å²) in [7, 11) is -3.66. The van der Waals surface area contributed by atoms with E-state index in [0.717, 1.165) is 11.4 Å². The van der Waals surface area contributed by atoms with Crippen molar-refractivity contribution in [3.63, 3.8) is 0 Å². The minimum absolute atomic E-state index is 0. The first-order chi connectivity index (χ1) is 11.4. The van der Waals surface area contributed by atoms with Gasteiger partial charge in [0, 0.05) is 38.6 Å². The van der Waals surface area contributed by atoms with Crippen LogP contribution in [0.25, 0.3) is 0 Å². The highest BCUT2D eigenvalue weighted by molar-refractivity contribution is 7.89. The van der Waals surface area contributed by atoms with E-state index in [1.54, 1.807) is 30.0 Å². The number of halogens is 1. The maximum absolute atomic E-state index is 12.9. The lowest BCUT2D eigenvalue weighted by Crippen LogP contribution is -2.51. The minimum Gasteiger partial charge on any atom is -0.340 e. The smallest absolute Gasteiger partial charge is 0.245 e. The predicted molar refractivity (Wildman–Crippen MR) is 98.8 cm³/mol. The Hall–Kier alpha value is -1.33. The fourth-order valence-corrected chi connectivity index (χ4v) is 4.89. The fraction of sp³-hybridized carbons (Fsp3) is 0.500. The first-order valence-corrected chi connectivity index (χ1v) is 9.81. The molecule has 0 saturated carbocycles. The molecule has 0 aliphatic carbocycles. The summed E-state index contributed by atoms with van der Waals surface area (Å²) in [4.78, 5) is 13.9. The predicted octanol–water partition coefficient (Wildman–Crippen LogP) is 1.41. The average molecular weight is 406 g/mol. The van der Waals surface area contributed by atoms with Gasteiger partial charge in [0.2, 0.25) is 15.9 Å². The van der Waals surface area contributed by atoms with E-state index >= 15 is 0 Å². The van der Waals surface area contributed by atoms with Gasteiger partial charge in [-0.05, 0) is 19.1 Å². The molecule has 1 atom stereocenters. The van der Waals surface area contributed by atoms with E-state index in [2.05, 4.69) is 8.73 Å². The zero-order chi connectivity index (χ0) is 17.3. The molecular formula is C14H20ClN5O3S2. The molecule has 2 aliphatic heterocycles. The molecule has 0 bridgehead atoms. The van der Waals surface area contributed by atoms with E-state index in [1.807, 2.05) is 0 Å². The lowest BCUT2D eigenvalue weighted by atomic mass is 10.2. The van der Waals surface area contributed by atoms with Crippen molar-refractivity contribution in [1.82, 2.24) is 9.21 Å². The highest BCUT2D eigenvalue weighted by Gasteiger charge is 2.32. The molecule has 1 unspecified atom stereocenters. The third kappa shape index (κ3) is 4.09. The Bertz CT molecular complexity index is 829. The van der Waals surface area contributed by atoms with Gasteiger partial charge in [0.15, 0.2) is 0 Å². The molecule has 138 valence electrons. The second-order valence-corrected chi connectivity index (χ2v) is 8.29. The van der Waals surface area contributed by atoms with Crippen molar-refractivity contribution in [3.05, 3.63) is 18.2 Å². The summed E-state index contributed by atoms with van der Waals surface area (Å²) in [5.41, 5.74) is 6.63. The van der Waals surface area contributed by atoms with Crippen LogP contribution in [0, 0.1) is 0 Å². The van der Waals surface area contributed by atoms with E-state index < -0.39 is 10.0 Å². The Kier molecular flexibility index (Phi) is 6.33. The number of benzene rings is 1. The van der Waals surface area contributed by atoms with E-state index in [4.69, 9.17) is 5.73 Å². The maximum atomic E-state index is 12.9. The number of piperazine rings is 1. The molecule has 2 aliphatic rings. The highest BCUT2D eigenvalue weighted by atomic mass is 35.5. The van der Waals surface area contributed by atoms with Gasteiger partial charge in [-0.3, -0.25) is 4.79 Å². The molecule has 1 fully saturated rings. The standard InChI is InChI=1S/C14H19N5O3S2.ClH/c1-10(15)9-13(20)18-5-7-19(8-6-18)24(21,22)12-4-2-3-11-14(12)17-23-16-11;/h2-4,10H,5-9,15H2,1H3;1H. The van der Waals surface area contributed by atoms with E-state index in [0.29, 0.717) is 24.5 Å². The summed E-state index contributed by atoms with van der Waals surface area (Å²) in [6.45, 7) is 3.05. The lowest BCUT2D eigenvalue weighted by molar-refractivity contribution is -0.132. The number of hydrogen-bond acceptors (Lipinski definition) is 6. The number of nitrogens with two attached hydrogens (primary N) is 1. The second kappa shape index (κ2) is 7.92. The van der Waals surface area contributed by atoms with Gasteiger partial charge in [0.1, 0.15) is 16.3 Å². The number of sulfonamides is 1. The number of hydrogen-bond donors (Lipinski definition) is 1. The van der Waals surface area contributed by atoms with Gasteiger partial charge >= 0.3 is 0 Å². The minimum atomic E-state index is -3.66. The summed E-state index contributed by atoms with van der Waals surface area (Å²) in [6, 6.07) is 4.75. The second-order valence-electron chi connectivity index (χ2n) is 5.85. The molecule has 1 aromatic carbocycles. The first kappa shape index (κ1) is 20.0. The molecular weight excluding hydrogens is 386 g/mol. The van der Waals surface area contributed by atoms with Gasteiger partial charge in [-0.25, -0.2) is 8.42 Å². The Morgan fingerprint density at radius 1 is 1.28 bits per heavy atom. The van der Waals surface area contributed by atoms with E-state index in [-0.39, 0.29) is 48.8 Å². The number of rotatable bonds is 4. The third-order valence-electron chi connectivity index (χ3n) is 3.95.